The van der Waals surface area contributed by atoms with Crippen LogP contribution in [0.2, 0.25) is 5.02 Å². The molecule has 2 aromatic rings. The van der Waals surface area contributed by atoms with E-state index in [2.05, 4.69) is 5.32 Å². The molecule has 0 saturated heterocycles. The molecule has 0 radical (unpaired) electrons. The molecule has 0 spiro atoms. The second-order valence-corrected chi connectivity index (χ2v) is 9.21. The van der Waals surface area contributed by atoms with Crippen molar-refractivity contribution in [2.75, 3.05) is 18.0 Å². The molecule has 0 aromatic heterocycles. The summed E-state index contributed by atoms with van der Waals surface area (Å²) in [6.07, 6.45) is 0.656. The van der Waals surface area contributed by atoms with Crippen molar-refractivity contribution in [3.63, 3.8) is 0 Å². The lowest BCUT2D eigenvalue weighted by atomic mass is 10.2. The van der Waals surface area contributed by atoms with Gasteiger partial charge in [0, 0.05) is 22.7 Å². The van der Waals surface area contributed by atoms with Crippen LogP contribution in [0.5, 0.6) is 5.75 Å². The van der Waals surface area contributed by atoms with E-state index in [9.17, 15) is 23.3 Å². The summed E-state index contributed by atoms with van der Waals surface area (Å²) in [6, 6.07) is 7.76. The largest absolute Gasteiger partial charge is 0.495 e. The van der Waals surface area contributed by atoms with Crippen molar-refractivity contribution < 1.29 is 22.9 Å². The van der Waals surface area contributed by atoms with Crippen LogP contribution >= 0.6 is 11.6 Å². The van der Waals surface area contributed by atoms with E-state index in [1.54, 1.807) is 6.92 Å². The fraction of sp³-hybridized carbons (Fsp3) is 0.350. The normalized spacial score (nSPS) is 12.2. The Kier molecular flexibility index (Phi) is 7.85. The number of benzene rings is 2. The van der Waals surface area contributed by atoms with E-state index in [0.29, 0.717) is 12.0 Å². The maximum absolute atomic E-state index is 13.5. The number of nitro benzene ring substituents is 1. The lowest BCUT2D eigenvalue weighted by Crippen LogP contribution is -2.43. The van der Waals surface area contributed by atoms with Gasteiger partial charge in [-0.15, -0.1) is 0 Å². The molecule has 0 aliphatic carbocycles. The summed E-state index contributed by atoms with van der Waals surface area (Å²) < 4.78 is 33.1. The van der Waals surface area contributed by atoms with Crippen LogP contribution in [-0.2, 0) is 14.8 Å². The average molecular weight is 470 g/mol. The predicted octanol–water partition coefficient (Wildman–Crippen LogP) is 3.68. The number of nitro groups is 1. The van der Waals surface area contributed by atoms with E-state index in [1.807, 2.05) is 6.92 Å². The fourth-order valence-corrected chi connectivity index (χ4v) is 4.39. The Labute approximate surface area is 186 Å². The molecule has 11 heteroatoms. The minimum Gasteiger partial charge on any atom is -0.495 e. The van der Waals surface area contributed by atoms with Gasteiger partial charge in [0.25, 0.3) is 15.7 Å². The van der Waals surface area contributed by atoms with Gasteiger partial charge in [-0.2, -0.15) is 0 Å². The number of ether oxygens (including phenoxy) is 1. The zero-order valence-electron chi connectivity index (χ0n) is 17.6. The highest BCUT2D eigenvalue weighted by Crippen LogP contribution is 2.35. The number of nitrogens with zero attached hydrogens (tertiary/aromatic N) is 2. The Morgan fingerprint density at radius 3 is 2.55 bits per heavy atom. The van der Waals surface area contributed by atoms with Gasteiger partial charge in [0.15, 0.2) is 0 Å². The Balaban J connectivity index is 2.64. The van der Waals surface area contributed by atoms with Crippen molar-refractivity contribution in [1.82, 2.24) is 5.32 Å². The first kappa shape index (κ1) is 24.4. The Morgan fingerprint density at radius 2 is 1.97 bits per heavy atom. The molecule has 1 N–H and O–H groups in total. The number of hydrogen-bond acceptors (Lipinski definition) is 6. The van der Waals surface area contributed by atoms with E-state index < -0.39 is 27.4 Å². The number of hydrogen-bond donors (Lipinski definition) is 1. The number of sulfonamides is 1. The van der Waals surface area contributed by atoms with Crippen molar-refractivity contribution in [3.05, 3.63) is 57.1 Å². The number of carbonyl (C=O) groups excluding carboxylic acids is 1. The molecular formula is C20H24ClN3O6S. The van der Waals surface area contributed by atoms with Gasteiger partial charge in [-0.25, -0.2) is 8.42 Å². The minimum absolute atomic E-state index is 0.0394. The Hall–Kier alpha value is -2.85. The molecule has 1 atom stereocenters. The SMILES string of the molecule is CC[C@@H](C)NC(=O)CN(c1cc(Cl)ccc1OC)S(=O)(=O)c1ccc(C)c([N+](=O)[O-])c1. The minimum atomic E-state index is -4.38. The first-order valence-corrected chi connectivity index (χ1v) is 11.2. The molecule has 9 nitrogen and oxygen atoms in total. The van der Waals surface area contributed by atoms with Crippen LogP contribution in [0.25, 0.3) is 0 Å². The van der Waals surface area contributed by atoms with Gasteiger partial charge in [0.05, 0.1) is 22.6 Å². The van der Waals surface area contributed by atoms with Gasteiger partial charge in [-0.3, -0.25) is 19.2 Å². The van der Waals surface area contributed by atoms with Crippen LogP contribution in [-0.4, -0.2) is 38.9 Å². The average Bonchev–Trinajstić information content (AvgIpc) is 2.71. The van der Waals surface area contributed by atoms with Gasteiger partial charge < -0.3 is 10.1 Å². The third-order valence-corrected chi connectivity index (χ3v) is 6.67. The second kappa shape index (κ2) is 9.97. The molecule has 0 aliphatic heterocycles. The molecule has 31 heavy (non-hydrogen) atoms. The van der Waals surface area contributed by atoms with Crippen molar-refractivity contribution in [2.24, 2.45) is 0 Å². The number of anilines is 1. The third-order valence-electron chi connectivity index (χ3n) is 4.68. The summed E-state index contributed by atoms with van der Waals surface area (Å²) in [5.41, 5.74) is 0.00557. The number of rotatable bonds is 9. The number of nitrogens with one attached hydrogen (secondary N) is 1. The van der Waals surface area contributed by atoms with Crippen LogP contribution in [0.4, 0.5) is 11.4 Å². The Morgan fingerprint density at radius 1 is 1.29 bits per heavy atom. The molecule has 168 valence electrons. The fourth-order valence-electron chi connectivity index (χ4n) is 2.78. The lowest BCUT2D eigenvalue weighted by Gasteiger charge is -2.26. The molecule has 0 heterocycles. The first-order valence-electron chi connectivity index (χ1n) is 9.42. The molecule has 0 bridgehead atoms. The quantitative estimate of drug-likeness (QED) is 0.442. The highest BCUT2D eigenvalue weighted by atomic mass is 35.5. The van der Waals surface area contributed by atoms with E-state index in [0.717, 1.165) is 10.4 Å². The van der Waals surface area contributed by atoms with Gasteiger partial charge in [-0.05, 0) is 44.5 Å². The molecule has 0 aliphatic rings. The van der Waals surface area contributed by atoms with E-state index >= 15 is 0 Å². The van der Waals surface area contributed by atoms with E-state index in [1.165, 1.54) is 44.4 Å². The summed E-state index contributed by atoms with van der Waals surface area (Å²) in [4.78, 5) is 22.9. The summed E-state index contributed by atoms with van der Waals surface area (Å²) in [7, 11) is -3.03. The molecule has 0 unspecified atom stereocenters. The molecule has 2 rings (SSSR count). The van der Waals surface area contributed by atoms with Crippen LogP contribution < -0.4 is 14.4 Å². The van der Waals surface area contributed by atoms with Crippen LogP contribution in [0, 0.1) is 17.0 Å². The summed E-state index contributed by atoms with van der Waals surface area (Å²) >= 11 is 6.08. The maximum atomic E-state index is 13.5. The highest BCUT2D eigenvalue weighted by molar-refractivity contribution is 7.92. The number of halogens is 1. The zero-order chi connectivity index (χ0) is 23.3. The second-order valence-electron chi connectivity index (χ2n) is 6.91. The summed E-state index contributed by atoms with van der Waals surface area (Å²) in [5.74, 6) is -0.368. The van der Waals surface area contributed by atoms with Crippen molar-refractivity contribution in [2.45, 2.75) is 38.1 Å². The van der Waals surface area contributed by atoms with Gasteiger partial charge in [-0.1, -0.05) is 24.6 Å². The van der Waals surface area contributed by atoms with Crippen LogP contribution in [0.3, 0.4) is 0 Å². The van der Waals surface area contributed by atoms with E-state index in [-0.39, 0.29) is 33.1 Å². The predicted molar refractivity (Wildman–Crippen MR) is 118 cm³/mol. The third kappa shape index (κ3) is 5.65. The lowest BCUT2D eigenvalue weighted by molar-refractivity contribution is -0.385. The van der Waals surface area contributed by atoms with Crippen molar-refractivity contribution in [3.8, 4) is 5.75 Å². The monoisotopic (exact) mass is 469 g/mol. The molecular weight excluding hydrogens is 446 g/mol. The van der Waals surface area contributed by atoms with Crippen molar-refractivity contribution >= 4 is 38.9 Å². The van der Waals surface area contributed by atoms with Crippen molar-refractivity contribution in [1.29, 1.82) is 0 Å². The smallest absolute Gasteiger partial charge is 0.273 e. The van der Waals surface area contributed by atoms with Gasteiger partial charge in [0.2, 0.25) is 5.91 Å². The van der Waals surface area contributed by atoms with E-state index in [4.69, 9.17) is 16.3 Å². The molecule has 2 aromatic carbocycles. The summed E-state index contributed by atoms with van der Waals surface area (Å²) in [6.45, 7) is 4.61. The highest BCUT2D eigenvalue weighted by Gasteiger charge is 2.31. The standard InChI is InChI=1S/C20H24ClN3O6S/c1-5-14(3)22-20(25)12-23(18-10-15(21)7-9-19(18)30-4)31(28,29)16-8-6-13(2)17(11-16)24(26)27/h6-11,14H,5,12H2,1-4H3,(H,22,25)/t14-/m1/s1. The summed E-state index contributed by atoms with van der Waals surface area (Å²) in [5, 5.41) is 14.3. The van der Waals surface area contributed by atoms with Crippen LogP contribution in [0.15, 0.2) is 41.3 Å². The maximum Gasteiger partial charge on any atom is 0.273 e. The number of amides is 1. The Bertz CT molecular complexity index is 1090. The number of methoxy groups -OCH3 is 1. The van der Waals surface area contributed by atoms with Gasteiger partial charge >= 0.3 is 0 Å². The molecule has 1 amide bonds. The molecule has 0 fully saturated rings. The zero-order valence-corrected chi connectivity index (χ0v) is 19.2. The van der Waals surface area contributed by atoms with Crippen LogP contribution in [0.1, 0.15) is 25.8 Å². The first-order chi connectivity index (χ1) is 14.5. The number of carbonyl (C=O) groups is 1. The number of aryl methyl sites for hydroxylation is 1. The topological polar surface area (TPSA) is 119 Å². The van der Waals surface area contributed by atoms with Gasteiger partial charge in [0.1, 0.15) is 12.3 Å². The molecule has 0 saturated carbocycles.